The molecule has 17 heavy (non-hydrogen) atoms. The predicted octanol–water partition coefficient (Wildman–Crippen LogP) is 3.09. The Balaban J connectivity index is 2.11. The van der Waals surface area contributed by atoms with Crippen molar-refractivity contribution in [3.8, 4) is 0 Å². The fraction of sp³-hybridized carbons (Fsp3) is 0.769. The Morgan fingerprint density at radius 1 is 1.35 bits per heavy atom. The third-order valence-electron chi connectivity index (χ3n) is 2.81. The fourth-order valence-corrected chi connectivity index (χ4v) is 2.32. The molecule has 0 aliphatic carbocycles. The highest BCUT2D eigenvalue weighted by atomic mass is 32.2. The van der Waals surface area contributed by atoms with Gasteiger partial charge in [-0.25, -0.2) is 4.98 Å². The highest BCUT2D eigenvalue weighted by Gasteiger charge is 2.03. The normalized spacial score (nSPS) is 11.3. The van der Waals surface area contributed by atoms with Gasteiger partial charge in [-0.05, 0) is 45.2 Å². The zero-order valence-electron chi connectivity index (χ0n) is 11.3. The van der Waals surface area contributed by atoms with E-state index in [9.17, 15) is 0 Å². The number of rotatable bonds is 9. The molecule has 1 rings (SSSR count). The molecule has 0 aromatic carbocycles. The number of imidazole rings is 1. The second kappa shape index (κ2) is 8.59. The summed E-state index contributed by atoms with van der Waals surface area (Å²) in [5.74, 6) is 1.29. The van der Waals surface area contributed by atoms with Crippen molar-refractivity contribution >= 4 is 11.8 Å². The average Bonchev–Trinajstić information content (AvgIpc) is 2.76. The smallest absolute Gasteiger partial charge is 0.0951 e. The van der Waals surface area contributed by atoms with Crippen LogP contribution in [0.4, 0.5) is 0 Å². The molecule has 1 aromatic rings. The van der Waals surface area contributed by atoms with Gasteiger partial charge in [-0.1, -0.05) is 6.42 Å². The fourth-order valence-electron chi connectivity index (χ4n) is 1.82. The first-order chi connectivity index (χ1) is 8.25. The van der Waals surface area contributed by atoms with Crippen molar-refractivity contribution in [3.63, 3.8) is 0 Å². The zero-order chi connectivity index (χ0) is 12.5. The molecule has 1 aromatic heterocycles. The summed E-state index contributed by atoms with van der Waals surface area (Å²) in [4.78, 5) is 4.20. The van der Waals surface area contributed by atoms with Crippen LogP contribution in [0.1, 0.15) is 44.8 Å². The van der Waals surface area contributed by atoms with Gasteiger partial charge >= 0.3 is 0 Å². The van der Waals surface area contributed by atoms with Crippen molar-refractivity contribution in [2.24, 2.45) is 0 Å². The predicted molar refractivity (Wildman–Crippen MR) is 76.6 cm³/mol. The van der Waals surface area contributed by atoms with Gasteiger partial charge in [-0.3, -0.25) is 0 Å². The van der Waals surface area contributed by atoms with E-state index >= 15 is 0 Å². The largest absolute Gasteiger partial charge is 0.331 e. The van der Waals surface area contributed by atoms with Crippen LogP contribution in [0.3, 0.4) is 0 Å². The van der Waals surface area contributed by atoms with Gasteiger partial charge in [-0.2, -0.15) is 11.8 Å². The minimum atomic E-state index is 0.496. The van der Waals surface area contributed by atoms with E-state index in [1.165, 1.54) is 30.7 Å². The van der Waals surface area contributed by atoms with E-state index in [-0.39, 0.29) is 0 Å². The number of nitrogens with one attached hydrogen (secondary N) is 1. The molecule has 0 aliphatic heterocycles. The van der Waals surface area contributed by atoms with E-state index in [1.54, 1.807) is 0 Å². The molecule has 0 atom stereocenters. The van der Waals surface area contributed by atoms with Gasteiger partial charge < -0.3 is 9.88 Å². The monoisotopic (exact) mass is 255 g/mol. The molecule has 0 aliphatic rings. The molecule has 0 bridgehead atoms. The lowest BCUT2D eigenvalue weighted by Crippen LogP contribution is -2.18. The Hall–Kier alpha value is -0.480. The molecule has 0 amide bonds. The molecular formula is C13H25N3S. The third-order valence-corrected chi connectivity index (χ3v) is 3.51. The maximum absolute atomic E-state index is 4.20. The van der Waals surface area contributed by atoms with Crippen LogP contribution < -0.4 is 5.32 Å². The van der Waals surface area contributed by atoms with Crippen LogP contribution in [0.25, 0.3) is 0 Å². The summed E-state index contributed by atoms with van der Waals surface area (Å²) in [6.07, 6.45) is 9.99. The Bertz CT molecular complexity index is 297. The molecule has 98 valence electrons. The topological polar surface area (TPSA) is 29.9 Å². The number of unbranched alkanes of at least 4 members (excludes halogenated alkanes) is 2. The maximum Gasteiger partial charge on any atom is 0.0951 e. The highest BCUT2D eigenvalue weighted by Crippen LogP contribution is 2.08. The molecular weight excluding hydrogens is 230 g/mol. The van der Waals surface area contributed by atoms with Crippen LogP contribution in [0.2, 0.25) is 0 Å². The lowest BCUT2D eigenvalue weighted by Gasteiger charge is -2.12. The summed E-state index contributed by atoms with van der Waals surface area (Å²) >= 11 is 1.94. The van der Waals surface area contributed by atoms with Crippen LogP contribution in [0.15, 0.2) is 12.5 Å². The molecule has 0 saturated carbocycles. The van der Waals surface area contributed by atoms with Crippen molar-refractivity contribution in [2.45, 2.75) is 45.7 Å². The van der Waals surface area contributed by atoms with E-state index in [0.717, 1.165) is 13.1 Å². The zero-order valence-corrected chi connectivity index (χ0v) is 12.1. The van der Waals surface area contributed by atoms with Crippen molar-refractivity contribution in [2.75, 3.05) is 18.6 Å². The van der Waals surface area contributed by atoms with Crippen LogP contribution in [0, 0.1) is 0 Å². The number of hydrogen-bond acceptors (Lipinski definition) is 3. The second-order valence-electron chi connectivity index (χ2n) is 4.62. The number of hydrogen-bond donors (Lipinski definition) is 1. The van der Waals surface area contributed by atoms with Crippen LogP contribution in [0.5, 0.6) is 0 Å². The lowest BCUT2D eigenvalue weighted by molar-refractivity contribution is 0.542. The van der Waals surface area contributed by atoms with Gasteiger partial charge in [0.2, 0.25) is 0 Å². The molecule has 1 N–H and O–H groups in total. The molecule has 0 spiro atoms. The first kappa shape index (κ1) is 14.6. The quantitative estimate of drug-likeness (QED) is 0.688. The van der Waals surface area contributed by atoms with Gasteiger partial charge in [0, 0.05) is 18.8 Å². The van der Waals surface area contributed by atoms with E-state index in [4.69, 9.17) is 0 Å². The van der Waals surface area contributed by atoms with Gasteiger partial charge in [0.05, 0.1) is 12.0 Å². The van der Waals surface area contributed by atoms with E-state index in [1.807, 2.05) is 24.3 Å². The van der Waals surface area contributed by atoms with Crippen LogP contribution in [-0.4, -0.2) is 28.1 Å². The number of aromatic nitrogens is 2. The van der Waals surface area contributed by atoms with E-state index in [2.05, 4.69) is 35.0 Å². The molecule has 1 heterocycles. The van der Waals surface area contributed by atoms with E-state index < -0.39 is 0 Å². The Labute approximate surface area is 109 Å². The third kappa shape index (κ3) is 5.59. The Morgan fingerprint density at radius 3 is 2.88 bits per heavy atom. The summed E-state index contributed by atoms with van der Waals surface area (Å²) in [6, 6.07) is 0.496. The highest BCUT2D eigenvalue weighted by molar-refractivity contribution is 7.98. The molecule has 0 unspecified atom stereocenters. The number of thioether (sulfide) groups is 1. The Kier molecular flexibility index (Phi) is 7.37. The van der Waals surface area contributed by atoms with Gasteiger partial charge in [0.15, 0.2) is 0 Å². The van der Waals surface area contributed by atoms with Gasteiger partial charge in [-0.15, -0.1) is 0 Å². The maximum atomic E-state index is 4.20. The summed E-state index contributed by atoms with van der Waals surface area (Å²) < 4.78 is 2.22. The lowest BCUT2D eigenvalue weighted by atomic mass is 10.2. The number of nitrogens with zero attached hydrogens (tertiary/aromatic N) is 2. The summed E-state index contributed by atoms with van der Waals surface area (Å²) in [7, 11) is 0. The SMILES string of the molecule is CSCCCCCNCc1cncn1C(C)C. The van der Waals surface area contributed by atoms with Crippen molar-refractivity contribution in [1.29, 1.82) is 0 Å². The van der Waals surface area contributed by atoms with Crippen LogP contribution in [-0.2, 0) is 6.54 Å². The molecule has 0 fully saturated rings. The minimum absolute atomic E-state index is 0.496. The van der Waals surface area contributed by atoms with Crippen LogP contribution >= 0.6 is 11.8 Å². The summed E-state index contributed by atoms with van der Waals surface area (Å²) in [5, 5.41) is 3.49. The standard InChI is InChI=1S/C13H25N3S/c1-12(2)16-11-15-10-13(16)9-14-7-5-4-6-8-17-3/h10-12,14H,4-9H2,1-3H3. The summed E-state index contributed by atoms with van der Waals surface area (Å²) in [5.41, 5.74) is 1.28. The summed E-state index contributed by atoms with van der Waals surface area (Å²) in [6.45, 7) is 6.42. The van der Waals surface area contributed by atoms with Gasteiger partial charge in [0.1, 0.15) is 0 Å². The van der Waals surface area contributed by atoms with Crippen molar-refractivity contribution in [1.82, 2.24) is 14.9 Å². The molecule has 0 saturated heterocycles. The second-order valence-corrected chi connectivity index (χ2v) is 5.60. The Morgan fingerprint density at radius 2 is 2.18 bits per heavy atom. The molecule has 3 nitrogen and oxygen atoms in total. The van der Waals surface area contributed by atoms with Crippen molar-refractivity contribution < 1.29 is 0 Å². The molecule has 0 radical (unpaired) electrons. The van der Waals surface area contributed by atoms with E-state index in [0.29, 0.717) is 6.04 Å². The first-order valence-corrected chi connectivity index (χ1v) is 7.85. The molecule has 4 heteroatoms. The average molecular weight is 255 g/mol. The van der Waals surface area contributed by atoms with Gasteiger partial charge in [0.25, 0.3) is 0 Å². The first-order valence-electron chi connectivity index (χ1n) is 6.46. The van der Waals surface area contributed by atoms with Crippen molar-refractivity contribution in [3.05, 3.63) is 18.2 Å². The minimum Gasteiger partial charge on any atom is -0.331 e.